The standard InChI is InChI=1S/C33H67ClO13/c1-33(2)47-32-31-46-30-29-45-28-27-44-26-25-43-24-23-42-22-21-41-20-19-40-18-17-39-16-15-38-14-13-37-12-11-36-10-9-35-8-6-4-3-5-7-34/h33H,3-32H2,1-2H3. The van der Waals surface area contributed by atoms with Crippen LogP contribution in [0.1, 0.15) is 39.5 Å². The Labute approximate surface area is 289 Å². The summed E-state index contributed by atoms with van der Waals surface area (Å²) in [7, 11) is 0. The molecule has 0 aromatic rings. The van der Waals surface area contributed by atoms with Crippen LogP contribution >= 0.6 is 11.6 Å². The Hall–Kier alpha value is -0.230. The molecule has 0 spiro atoms. The lowest BCUT2D eigenvalue weighted by atomic mass is 10.2. The predicted octanol–water partition coefficient (Wildman–Crippen LogP) is 3.41. The Morgan fingerprint density at radius 1 is 0.277 bits per heavy atom. The molecular weight excluding hydrogens is 640 g/mol. The van der Waals surface area contributed by atoms with E-state index in [4.69, 9.17) is 73.2 Å². The molecule has 0 amide bonds. The summed E-state index contributed by atoms with van der Waals surface area (Å²) in [5.41, 5.74) is 0. The van der Waals surface area contributed by atoms with Gasteiger partial charge >= 0.3 is 0 Å². The van der Waals surface area contributed by atoms with Crippen LogP contribution in [0, 0.1) is 0 Å². The third-order valence-corrected chi connectivity index (χ3v) is 6.21. The number of halogens is 1. The molecule has 14 heteroatoms. The Morgan fingerprint density at radius 2 is 0.489 bits per heavy atom. The first kappa shape index (κ1) is 46.8. The van der Waals surface area contributed by atoms with Crippen LogP contribution in [0.25, 0.3) is 0 Å². The van der Waals surface area contributed by atoms with Gasteiger partial charge in [0, 0.05) is 12.5 Å². The Balaban J connectivity index is 3.04. The largest absolute Gasteiger partial charge is 0.379 e. The molecule has 0 N–H and O–H groups in total. The molecule has 0 atom stereocenters. The van der Waals surface area contributed by atoms with Gasteiger partial charge in [0.2, 0.25) is 0 Å². The number of hydrogen-bond donors (Lipinski definition) is 0. The van der Waals surface area contributed by atoms with E-state index < -0.39 is 0 Å². The van der Waals surface area contributed by atoms with E-state index in [-0.39, 0.29) is 6.10 Å². The molecule has 0 saturated heterocycles. The zero-order chi connectivity index (χ0) is 34.0. The minimum Gasteiger partial charge on any atom is -0.379 e. The maximum absolute atomic E-state index is 5.65. The van der Waals surface area contributed by atoms with E-state index in [9.17, 15) is 0 Å². The first-order valence-corrected chi connectivity index (χ1v) is 17.9. The predicted molar refractivity (Wildman–Crippen MR) is 180 cm³/mol. The molecule has 0 fully saturated rings. The second-order valence-corrected chi connectivity index (χ2v) is 10.7. The molecule has 0 radical (unpaired) electrons. The molecule has 47 heavy (non-hydrogen) atoms. The van der Waals surface area contributed by atoms with Gasteiger partial charge in [-0.3, -0.25) is 0 Å². The van der Waals surface area contributed by atoms with Gasteiger partial charge in [-0.2, -0.15) is 0 Å². The number of rotatable bonds is 43. The van der Waals surface area contributed by atoms with Crippen LogP contribution in [-0.2, 0) is 61.6 Å². The Morgan fingerprint density at radius 3 is 0.723 bits per heavy atom. The highest BCUT2D eigenvalue weighted by Gasteiger charge is 1.97. The second kappa shape index (κ2) is 43.8. The van der Waals surface area contributed by atoms with Crippen LogP contribution in [-0.4, -0.2) is 177 Å². The van der Waals surface area contributed by atoms with Gasteiger partial charge in [-0.1, -0.05) is 12.8 Å². The third kappa shape index (κ3) is 45.8. The molecule has 0 aromatic heterocycles. The average Bonchev–Trinajstić information content (AvgIpc) is 3.07. The highest BCUT2D eigenvalue weighted by atomic mass is 35.5. The topological polar surface area (TPSA) is 120 Å². The first-order chi connectivity index (χ1) is 23.3. The van der Waals surface area contributed by atoms with E-state index in [1.165, 1.54) is 12.8 Å². The molecule has 13 nitrogen and oxygen atoms in total. The van der Waals surface area contributed by atoms with Gasteiger partial charge in [0.1, 0.15) is 0 Å². The van der Waals surface area contributed by atoms with Crippen LogP contribution in [0.3, 0.4) is 0 Å². The van der Waals surface area contributed by atoms with Crippen molar-refractivity contribution < 1.29 is 61.6 Å². The van der Waals surface area contributed by atoms with Crippen LogP contribution in [0.5, 0.6) is 0 Å². The fourth-order valence-corrected chi connectivity index (χ4v) is 3.70. The van der Waals surface area contributed by atoms with Gasteiger partial charge in [-0.05, 0) is 26.7 Å². The van der Waals surface area contributed by atoms with E-state index in [2.05, 4.69) is 0 Å². The molecule has 0 bridgehead atoms. The van der Waals surface area contributed by atoms with Crippen LogP contribution in [0.15, 0.2) is 0 Å². The van der Waals surface area contributed by atoms with Gasteiger partial charge < -0.3 is 61.6 Å². The third-order valence-electron chi connectivity index (χ3n) is 5.94. The lowest BCUT2D eigenvalue weighted by molar-refractivity contribution is -0.0298. The molecule has 0 rings (SSSR count). The highest BCUT2D eigenvalue weighted by Crippen LogP contribution is 2.01. The summed E-state index contributed by atoms with van der Waals surface area (Å²) >= 11 is 5.65. The maximum Gasteiger partial charge on any atom is 0.0703 e. The van der Waals surface area contributed by atoms with Crippen molar-refractivity contribution in [3.63, 3.8) is 0 Å². The van der Waals surface area contributed by atoms with Crippen molar-refractivity contribution in [1.82, 2.24) is 0 Å². The Bertz CT molecular complexity index is 553. The van der Waals surface area contributed by atoms with Crippen LogP contribution in [0.2, 0.25) is 0 Å². The van der Waals surface area contributed by atoms with E-state index in [1.54, 1.807) is 0 Å². The monoisotopic (exact) mass is 706 g/mol. The maximum atomic E-state index is 5.65. The van der Waals surface area contributed by atoms with E-state index >= 15 is 0 Å². The zero-order valence-electron chi connectivity index (χ0n) is 29.5. The summed E-state index contributed by atoms with van der Waals surface area (Å²) in [5.74, 6) is 0.743. The summed E-state index contributed by atoms with van der Waals surface area (Å²) in [5, 5.41) is 0. The molecular formula is C33H67ClO13. The van der Waals surface area contributed by atoms with E-state index in [0.717, 1.165) is 25.3 Å². The van der Waals surface area contributed by atoms with Crippen LogP contribution in [0.4, 0.5) is 0 Å². The zero-order valence-corrected chi connectivity index (χ0v) is 30.2. The minimum atomic E-state index is 0.231. The molecule has 0 aromatic carbocycles. The Kier molecular flexibility index (Phi) is 43.6. The van der Waals surface area contributed by atoms with Gasteiger partial charge in [-0.15, -0.1) is 11.6 Å². The normalized spacial score (nSPS) is 11.7. The number of alkyl halides is 1. The fourth-order valence-electron chi connectivity index (χ4n) is 3.52. The van der Waals surface area contributed by atoms with E-state index in [0.29, 0.717) is 159 Å². The first-order valence-electron chi connectivity index (χ1n) is 17.4. The van der Waals surface area contributed by atoms with Gasteiger partial charge in [0.25, 0.3) is 0 Å². The summed E-state index contributed by atoms with van der Waals surface area (Å²) in [6, 6.07) is 0. The number of unbranched alkanes of at least 4 members (excludes halogenated alkanes) is 3. The molecule has 0 unspecified atom stereocenters. The summed E-state index contributed by atoms with van der Waals surface area (Å²) in [6.07, 6.45) is 4.73. The van der Waals surface area contributed by atoms with Crippen molar-refractivity contribution in [2.75, 3.05) is 171 Å². The van der Waals surface area contributed by atoms with Crippen LogP contribution < -0.4 is 0 Å². The molecule has 284 valence electrons. The molecule has 0 aliphatic rings. The van der Waals surface area contributed by atoms with Gasteiger partial charge in [-0.25, -0.2) is 0 Å². The molecule has 0 heterocycles. The van der Waals surface area contributed by atoms with E-state index in [1.807, 2.05) is 13.8 Å². The fraction of sp³-hybridized carbons (Fsp3) is 1.00. The molecule has 0 saturated carbocycles. The quantitative estimate of drug-likeness (QED) is 0.0681. The lowest BCUT2D eigenvalue weighted by Crippen LogP contribution is -2.15. The van der Waals surface area contributed by atoms with Crippen molar-refractivity contribution >= 4 is 11.6 Å². The van der Waals surface area contributed by atoms with Crippen molar-refractivity contribution in [1.29, 1.82) is 0 Å². The summed E-state index contributed by atoms with van der Waals surface area (Å²) in [6.45, 7) is 17.7. The summed E-state index contributed by atoms with van der Waals surface area (Å²) < 4.78 is 71.1. The van der Waals surface area contributed by atoms with Crippen molar-refractivity contribution in [3.05, 3.63) is 0 Å². The van der Waals surface area contributed by atoms with Crippen molar-refractivity contribution in [3.8, 4) is 0 Å². The van der Waals surface area contributed by atoms with Crippen molar-refractivity contribution in [2.24, 2.45) is 0 Å². The molecule has 0 aliphatic heterocycles. The molecule has 0 aliphatic carbocycles. The highest BCUT2D eigenvalue weighted by molar-refractivity contribution is 6.17. The summed E-state index contributed by atoms with van der Waals surface area (Å²) in [4.78, 5) is 0. The van der Waals surface area contributed by atoms with Crippen molar-refractivity contribution in [2.45, 2.75) is 45.6 Å². The number of hydrogen-bond acceptors (Lipinski definition) is 13. The van der Waals surface area contributed by atoms with Gasteiger partial charge in [0.15, 0.2) is 0 Å². The average molecular weight is 707 g/mol. The van der Waals surface area contributed by atoms with Gasteiger partial charge in [0.05, 0.1) is 165 Å². The SMILES string of the molecule is CC(C)OCCOCCOCCOCCOCCOCCOCCOCCOCCOCCOCCOCCOCCCCCCCl. The number of ether oxygens (including phenoxy) is 13. The smallest absolute Gasteiger partial charge is 0.0703 e. The second-order valence-electron chi connectivity index (χ2n) is 10.4. The minimum absolute atomic E-state index is 0.231. The lowest BCUT2D eigenvalue weighted by Gasteiger charge is -2.09.